The van der Waals surface area contributed by atoms with Gasteiger partial charge in [0.1, 0.15) is 6.61 Å². The summed E-state index contributed by atoms with van der Waals surface area (Å²) in [5, 5.41) is 11.5. The summed E-state index contributed by atoms with van der Waals surface area (Å²) in [6.45, 7) is 2.42. The summed E-state index contributed by atoms with van der Waals surface area (Å²) < 4.78 is 18.9. The fourth-order valence-electron chi connectivity index (χ4n) is 1.94. The van der Waals surface area contributed by atoms with Gasteiger partial charge in [-0.2, -0.15) is 0 Å². The van der Waals surface area contributed by atoms with Crippen LogP contribution in [0.15, 0.2) is 48.5 Å². The zero-order valence-corrected chi connectivity index (χ0v) is 12.8. The van der Waals surface area contributed by atoms with Crippen LogP contribution in [0.2, 0.25) is 0 Å². The molecule has 122 valence electrons. The van der Waals surface area contributed by atoms with Crippen molar-refractivity contribution in [3.05, 3.63) is 65.5 Å². The number of carbonyl (C=O) groups excluding carboxylic acids is 1. The molecule has 6 heteroatoms. The quantitative estimate of drug-likeness (QED) is 0.541. The highest BCUT2D eigenvalue weighted by atomic mass is 19.1. The normalized spacial score (nSPS) is 11.8. The van der Waals surface area contributed by atoms with E-state index in [0.29, 0.717) is 6.54 Å². The van der Waals surface area contributed by atoms with E-state index in [1.165, 1.54) is 6.07 Å². The van der Waals surface area contributed by atoms with E-state index < -0.39 is 11.9 Å². The topological polar surface area (TPSA) is 70.6 Å². The predicted molar refractivity (Wildman–Crippen MR) is 83.4 cm³/mol. The van der Waals surface area contributed by atoms with Crippen LogP contribution < -0.4 is 15.5 Å². The largest absolute Gasteiger partial charge is 0.486 e. The lowest BCUT2D eigenvalue weighted by Crippen LogP contribution is -2.40. The Labute approximate surface area is 134 Å². The lowest BCUT2D eigenvalue weighted by molar-refractivity contribution is -0.131. The minimum Gasteiger partial charge on any atom is -0.486 e. The number of hydroxylamine groups is 1. The van der Waals surface area contributed by atoms with Gasteiger partial charge in [-0.05, 0) is 30.2 Å². The molecule has 2 rings (SSSR count). The molecule has 5 nitrogen and oxygen atoms in total. The molecular weight excluding hydrogens is 299 g/mol. The van der Waals surface area contributed by atoms with Crippen molar-refractivity contribution in [2.24, 2.45) is 0 Å². The maximum Gasteiger partial charge on any atom is 0.260 e. The minimum absolute atomic E-state index is 0.224. The number of halogens is 1. The summed E-state index contributed by atoms with van der Waals surface area (Å²) in [5.41, 5.74) is 3.50. The Morgan fingerprint density at radius 1 is 1.17 bits per heavy atom. The van der Waals surface area contributed by atoms with Crippen molar-refractivity contribution in [2.45, 2.75) is 26.1 Å². The molecule has 23 heavy (non-hydrogen) atoms. The van der Waals surface area contributed by atoms with E-state index >= 15 is 0 Å². The maximum absolute atomic E-state index is 13.4. The fourth-order valence-corrected chi connectivity index (χ4v) is 1.94. The predicted octanol–water partition coefficient (Wildman–Crippen LogP) is 2.39. The number of hydrogen-bond donors (Lipinski definition) is 3. The summed E-state index contributed by atoms with van der Waals surface area (Å²) in [6, 6.07) is 13.3. The Morgan fingerprint density at radius 3 is 2.48 bits per heavy atom. The number of hydrogen-bond acceptors (Lipinski definition) is 4. The number of ether oxygens (including phenoxy) is 1. The average molecular weight is 318 g/mol. The molecule has 0 fully saturated rings. The van der Waals surface area contributed by atoms with Crippen LogP contribution in [0.5, 0.6) is 5.75 Å². The Morgan fingerprint density at radius 2 is 1.83 bits per heavy atom. The first-order valence-electron chi connectivity index (χ1n) is 7.22. The zero-order chi connectivity index (χ0) is 16.7. The molecule has 0 aliphatic carbocycles. The second-order valence-electron chi connectivity index (χ2n) is 5.11. The first-order chi connectivity index (χ1) is 11.1. The van der Waals surface area contributed by atoms with Gasteiger partial charge in [0, 0.05) is 6.54 Å². The van der Waals surface area contributed by atoms with E-state index in [1.54, 1.807) is 30.6 Å². The highest BCUT2D eigenvalue weighted by Gasteiger charge is 2.10. The van der Waals surface area contributed by atoms with Crippen LogP contribution in [0.3, 0.4) is 0 Å². The average Bonchev–Trinajstić information content (AvgIpc) is 2.59. The Hall–Kier alpha value is -2.44. The van der Waals surface area contributed by atoms with Gasteiger partial charge >= 0.3 is 0 Å². The van der Waals surface area contributed by atoms with Gasteiger partial charge in [0.15, 0.2) is 11.6 Å². The molecule has 2 aromatic rings. The van der Waals surface area contributed by atoms with Crippen LogP contribution in [-0.2, 0) is 17.9 Å². The lowest BCUT2D eigenvalue weighted by atomic mass is 10.1. The Balaban J connectivity index is 1.85. The van der Waals surface area contributed by atoms with Crippen LogP contribution in [0.1, 0.15) is 18.1 Å². The summed E-state index contributed by atoms with van der Waals surface area (Å²) in [7, 11) is 0. The summed E-state index contributed by atoms with van der Waals surface area (Å²) in [5.74, 6) is -0.647. The smallest absolute Gasteiger partial charge is 0.260 e. The van der Waals surface area contributed by atoms with Crippen LogP contribution >= 0.6 is 0 Å². The molecule has 0 aromatic heterocycles. The van der Waals surface area contributed by atoms with Crippen molar-refractivity contribution in [1.29, 1.82) is 0 Å². The molecule has 1 amide bonds. The summed E-state index contributed by atoms with van der Waals surface area (Å²) in [6.07, 6.45) is 0. The van der Waals surface area contributed by atoms with Crippen LogP contribution in [0.4, 0.5) is 4.39 Å². The third-order valence-electron chi connectivity index (χ3n) is 3.37. The molecule has 0 spiro atoms. The number of carbonyl (C=O) groups is 1. The van der Waals surface area contributed by atoms with E-state index in [1.807, 2.05) is 24.3 Å². The van der Waals surface area contributed by atoms with Crippen molar-refractivity contribution in [3.63, 3.8) is 0 Å². The van der Waals surface area contributed by atoms with Crippen LogP contribution in [0, 0.1) is 5.82 Å². The van der Waals surface area contributed by atoms with Crippen molar-refractivity contribution in [1.82, 2.24) is 10.8 Å². The van der Waals surface area contributed by atoms with E-state index in [2.05, 4.69) is 5.32 Å². The minimum atomic E-state index is -0.496. The van der Waals surface area contributed by atoms with Crippen LogP contribution in [0.25, 0.3) is 0 Å². The molecule has 1 unspecified atom stereocenters. The zero-order valence-electron chi connectivity index (χ0n) is 12.8. The summed E-state index contributed by atoms with van der Waals surface area (Å²) >= 11 is 0. The number of para-hydroxylation sites is 1. The van der Waals surface area contributed by atoms with E-state index in [-0.39, 0.29) is 18.2 Å². The van der Waals surface area contributed by atoms with Crippen LogP contribution in [-0.4, -0.2) is 17.2 Å². The molecule has 0 aliphatic rings. The third kappa shape index (κ3) is 5.05. The SMILES string of the molecule is CC(NCc1ccc(COc2ccccc2F)cc1)C(=O)NO. The van der Waals surface area contributed by atoms with Gasteiger partial charge in [0.2, 0.25) is 0 Å². The molecule has 3 N–H and O–H groups in total. The highest BCUT2D eigenvalue weighted by Crippen LogP contribution is 2.17. The first kappa shape index (κ1) is 16.9. The monoisotopic (exact) mass is 318 g/mol. The van der Waals surface area contributed by atoms with Gasteiger partial charge in [0.25, 0.3) is 5.91 Å². The lowest BCUT2D eigenvalue weighted by Gasteiger charge is -2.12. The van der Waals surface area contributed by atoms with E-state index in [0.717, 1.165) is 11.1 Å². The maximum atomic E-state index is 13.4. The van der Waals surface area contributed by atoms with Gasteiger partial charge in [-0.25, -0.2) is 9.87 Å². The number of benzene rings is 2. The molecule has 0 radical (unpaired) electrons. The van der Waals surface area contributed by atoms with Crippen molar-refractivity contribution >= 4 is 5.91 Å². The Bertz CT molecular complexity index is 647. The van der Waals surface area contributed by atoms with E-state index in [4.69, 9.17) is 9.94 Å². The van der Waals surface area contributed by atoms with Crippen molar-refractivity contribution < 1.29 is 19.1 Å². The second-order valence-corrected chi connectivity index (χ2v) is 5.11. The number of rotatable bonds is 7. The molecule has 0 saturated heterocycles. The number of amides is 1. The highest BCUT2D eigenvalue weighted by molar-refractivity contribution is 5.80. The second kappa shape index (κ2) is 8.26. The Kier molecular flexibility index (Phi) is 6.08. The molecule has 0 bridgehead atoms. The van der Waals surface area contributed by atoms with Gasteiger partial charge < -0.3 is 10.1 Å². The third-order valence-corrected chi connectivity index (χ3v) is 3.37. The first-order valence-corrected chi connectivity index (χ1v) is 7.22. The van der Waals surface area contributed by atoms with Gasteiger partial charge in [-0.1, -0.05) is 36.4 Å². The molecule has 0 saturated carbocycles. The van der Waals surface area contributed by atoms with Crippen molar-refractivity contribution in [2.75, 3.05) is 0 Å². The number of nitrogens with one attached hydrogen (secondary N) is 2. The molecule has 1 atom stereocenters. The molecular formula is C17H19FN2O3. The van der Waals surface area contributed by atoms with Gasteiger partial charge in [-0.3, -0.25) is 10.0 Å². The summed E-state index contributed by atoms with van der Waals surface area (Å²) in [4.78, 5) is 11.2. The fraction of sp³-hybridized carbons (Fsp3) is 0.235. The standard InChI is InChI=1S/C17H19FN2O3/c1-12(17(21)20-22)19-10-13-6-8-14(9-7-13)11-23-16-5-3-2-4-15(16)18/h2-9,12,19,22H,10-11H2,1H3,(H,20,21). The molecule has 0 heterocycles. The van der Waals surface area contributed by atoms with Gasteiger partial charge in [0.05, 0.1) is 6.04 Å². The van der Waals surface area contributed by atoms with Crippen molar-refractivity contribution in [3.8, 4) is 5.75 Å². The van der Waals surface area contributed by atoms with Gasteiger partial charge in [-0.15, -0.1) is 0 Å². The molecule has 0 aliphatic heterocycles. The molecule has 2 aromatic carbocycles. The van der Waals surface area contributed by atoms with E-state index in [9.17, 15) is 9.18 Å².